The molecule has 0 bridgehead atoms. The van der Waals surface area contributed by atoms with Crippen molar-refractivity contribution in [3.63, 3.8) is 0 Å². The first-order valence-electron chi connectivity index (χ1n) is 13.8. The summed E-state index contributed by atoms with van der Waals surface area (Å²) in [5.41, 5.74) is 2.09. The van der Waals surface area contributed by atoms with Gasteiger partial charge in [-0.3, -0.25) is 4.79 Å². The summed E-state index contributed by atoms with van der Waals surface area (Å²) in [6, 6.07) is 0. The Labute approximate surface area is 196 Å². The Hall–Kier alpha value is -0.570. The Morgan fingerprint density at radius 2 is 1.62 bits per heavy atom. The third-order valence-electron chi connectivity index (χ3n) is 12.9. The lowest BCUT2D eigenvalue weighted by atomic mass is 9.41. The molecule has 32 heavy (non-hydrogen) atoms. The number of rotatable bonds is 5. The van der Waals surface area contributed by atoms with Gasteiger partial charge in [0.05, 0.1) is 0 Å². The summed E-state index contributed by atoms with van der Waals surface area (Å²) in [5.74, 6) is 3.02. The Bertz CT molecular complexity index is 774. The van der Waals surface area contributed by atoms with Crippen LogP contribution >= 0.6 is 0 Å². The zero-order valence-corrected chi connectivity index (χ0v) is 21.6. The minimum atomic E-state index is -0.105. The fraction of sp³-hybridized carbons (Fsp3) is 0.966. The standard InChI is InChI=1S/C29H48O3/c1-19(8-7-17-30)21-11-13-27(6)23-10-9-22-25(3,4)24(32-20(2)31)12-14-28(22)18-29(23,28)16-15-26(21,27)5/h19,21-24,30H,7-18H2,1-6H3/t19-,21?,22?,23?,24+,26-,27+,28-,29+/m1/s1. The minimum absolute atomic E-state index is 0.0943. The SMILES string of the molecule is CC(=O)O[C@H]1CC[C@]23C[C@]24CC[C@]2(C)C([C@H](C)CCCO)CC[C@@]2(C)C4CCC3C1(C)C. The first-order valence-corrected chi connectivity index (χ1v) is 13.8. The van der Waals surface area contributed by atoms with E-state index in [-0.39, 0.29) is 17.5 Å². The van der Waals surface area contributed by atoms with Gasteiger partial charge in [0, 0.05) is 18.9 Å². The molecule has 5 rings (SSSR count). The van der Waals surface area contributed by atoms with Crippen molar-refractivity contribution in [1.82, 2.24) is 0 Å². The van der Waals surface area contributed by atoms with Gasteiger partial charge < -0.3 is 9.84 Å². The molecule has 0 aromatic rings. The third kappa shape index (κ3) is 2.73. The lowest BCUT2D eigenvalue weighted by Gasteiger charge is -2.63. The van der Waals surface area contributed by atoms with Crippen molar-refractivity contribution in [2.45, 2.75) is 118 Å². The van der Waals surface area contributed by atoms with E-state index in [4.69, 9.17) is 4.74 Å². The minimum Gasteiger partial charge on any atom is -0.462 e. The normalized spacial score (nSPS) is 51.6. The van der Waals surface area contributed by atoms with Crippen LogP contribution < -0.4 is 0 Å². The monoisotopic (exact) mass is 444 g/mol. The molecule has 0 aromatic heterocycles. The van der Waals surface area contributed by atoms with E-state index in [1.165, 1.54) is 57.8 Å². The van der Waals surface area contributed by atoms with Gasteiger partial charge in [-0.1, -0.05) is 34.6 Å². The van der Waals surface area contributed by atoms with Crippen LogP contribution in [0.2, 0.25) is 0 Å². The van der Waals surface area contributed by atoms with Gasteiger partial charge in [0.25, 0.3) is 0 Å². The van der Waals surface area contributed by atoms with E-state index in [0.717, 1.165) is 30.6 Å². The van der Waals surface area contributed by atoms with Gasteiger partial charge in [0.2, 0.25) is 0 Å². The summed E-state index contributed by atoms with van der Waals surface area (Å²) in [6.07, 6.45) is 14.4. The molecule has 0 aliphatic heterocycles. The summed E-state index contributed by atoms with van der Waals surface area (Å²) in [5, 5.41) is 9.39. The fourth-order valence-corrected chi connectivity index (χ4v) is 11.3. The number of esters is 1. The van der Waals surface area contributed by atoms with E-state index in [0.29, 0.717) is 34.2 Å². The molecule has 0 saturated heterocycles. The molecule has 5 aliphatic rings. The summed E-state index contributed by atoms with van der Waals surface area (Å²) in [6.45, 7) is 14.6. The highest BCUT2D eigenvalue weighted by molar-refractivity contribution is 5.66. The van der Waals surface area contributed by atoms with Crippen molar-refractivity contribution in [2.75, 3.05) is 6.61 Å². The second-order valence-electron chi connectivity index (χ2n) is 14.0. The third-order valence-corrected chi connectivity index (χ3v) is 12.9. The van der Waals surface area contributed by atoms with Gasteiger partial charge in [-0.25, -0.2) is 0 Å². The molecule has 0 aromatic carbocycles. The number of aliphatic hydroxyl groups is 1. The van der Waals surface area contributed by atoms with Crippen LogP contribution in [0, 0.1) is 50.7 Å². The summed E-state index contributed by atoms with van der Waals surface area (Å²) in [4.78, 5) is 11.8. The highest BCUT2D eigenvalue weighted by atomic mass is 16.5. The Morgan fingerprint density at radius 3 is 2.31 bits per heavy atom. The highest BCUT2D eigenvalue weighted by Crippen LogP contribution is 2.89. The Kier molecular flexibility index (Phi) is 5.23. The van der Waals surface area contributed by atoms with E-state index in [1.807, 2.05) is 0 Å². The maximum atomic E-state index is 11.8. The smallest absolute Gasteiger partial charge is 0.302 e. The van der Waals surface area contributed by atoms with Gasteiger partial charge in [0.1, 0.15) is 6.10 Å². The molecule has 182 valence electrons. The summed E-state index contributed by atoms with van der Waals surface area (Å²) >= 11 is 0. The fourth-order valence-electron chi connectivity index (χ4n) is 11.3. The maximum absolute atomic E-state index is 11.8. The first kappa shape index (κ1) is 23.2. The van der Waals surface area contributed by atoms with Gasteiger partial charge in [-0.2, -0.15) is 0 Å². The van der Waals surface area contributed by atoms with Crippen LogP contribution in [0.1, 0.15) is 112 Å². The molecular weight excluding hydrogens is 396 g/mol. The van der Waals surface area contributed by atoms with Gasteiger partial charge in [-0.15, -0.1) is 0 Å². The van der Waals surface area contributed by atoms with E-state index in [2.05, 4.69) is 34.6 Å². The molecule has 3 heteroatoms. The lowest BCUT2D eigenvalue weighted by Crippen LogP contribution is -2.58. The number of carbonyl (C=O) groups is 1. The predicted molar refractivity (Wildman–Crippen MR) is 128 cm³/mol. The van der Waals surface area contributed by atoms with Crippen LogP contribution in [0.5, 0.6) is 0 Å². The Morgan fingerprint density at radius 1 is 0.938 bits per heavy atom. The van der Waals surface area contributed by atoms with Crippen LogP contribution in [0.25, 0.3) is 0 Å². The quantitative estimate of drug-likeness (QED) is 0.476. The zero-order valence-electron chi connectivity index (χ0n) is 21.6. The van der Waals surface area contributed by atoms with E-state index in [1.54, 1.807) is 6.92 Å². The van der Waals surface area contributed by atoms with Gasteiger partial charge in [-0.05, 0) is 116 Å². The van der Waals surface area contributed by atoms with Crippen molar-refractivity contribution in [1.29, 1.82) is 0 Å². The van der Waals surface area contributed by atoms with Crippen molar-refractivity contribution in [3.05, 3.63) is 0 Å². The van der Waals surface area contributed by atoms with Crippen LogP contribution in [0.15, 0.2) is 0 Å². The second-order valence-corrected chi connectivity index (χ2v) is 14.0. The number of ether oxygens (including phenoxy) is 1. The molecule has 9 atom stereocenters. The van der Waals surface area contributed by atoms with Crippen LogP contribution in [-0.2, 0) is 9.53 Å². The Balaban J connectivity index is 1.42. The largest absolute Gasteiger partial charge is 0.462 e. The van der Waals surface area contributed by atoms with Crippen molar-refractivity contribution < 1.29 is 14.6 Å². The number of aliphatic hydroxyl groups excluding tert-OH is 1. The number of hydrogen-bond donors (Lipinski definition) is 1. The zero-order chi connectivity index (χ0) is 23.2. The summed E-state index contributed by atoms with van der Waals surface area (Å²) < 4.78 is 5.87. The first-order chi connectivity index (χ1) is 15.0. The molecule has 5 saturated carbocycles. The number of hydrogen-bond acceptors (Lipinski definition) is 3. The van der Waals surface area contributed by atoms with Crippen molar-refractivity contribution >= 4 is 5.97 Å². The van der Waals surface area contributed by atoms with E-state index >= 15 is 0 Å². The average molecular weight is 445 g/mol. The van der Waals surface area contributed by atoms with Gasteiger partial charge >= 0.3 is 5.97 Å². The molecular formula is C29H48O3. The average Bonchev–Trinajstić information content (AvgIpc) is 3.31. The molecule has 5 fully saturated rings. The molecule has 3 nitrogen and oxygen atoms in total. The van der Waals surface area contributed by atoms with Gasteiger partial charge in [0.15, 0.2) is 0 Å². The molecule has 3 unspecified atom stereocenters. The van der Waals surface area contributed by atoms with Crippen LogP contribution in [-0.4, -0.2) is 23.8 Å². The highest BCUT2D eigenvalue weighted by Gasteiger charge is 2.82. The van der Waals surface area contributed by atoms with E-state index < -0.39 is 0 Å². The predicted octanol–water partition coefficient (Wildman–Crippen LogP) is 6.77. The molecule has 0 amide bonds. The lowest BCUT2D eigenvalue weighted by molar-refractivity contribution is -0.181. The van der Waals surface area contributed by atoms with Crippen molar-refractivity contribution in [3.8, 4) is 0 Å². The molecule has 1 N–H and O–H groups in total. The molecule has 0 heterocycles. The maximum Gasteiger partial charge on any atom is 0.302 e. The van der Waals surface area contributed by atoms with Crippen molar-refractivity contribution in [2.24, 2.45) is 50.7 Å². The van der Waals surface area contributed by atoms with Crippen LogP contribution in [0.3, 0.4) is 0 Å². The topological polar surface area (TPSA) is 46.5 Å². The number of carbonyl (C=O) groups excluding carboxylic acids is 1. The molecule has 5 aliphatic carbocycles. The molecule has 0 radical (unpaired) electrons. The second kappa shape index (κ2) is 7.22. The van der Waals surface area contributed by atoms with Crippen LogP contribution in [0.4, 0.5) is 0 Å². The number of fused-ring (bicyclic) bond motifs is 2. The molecule has 2 spiro atoms. The summed E-state index contributed by atoms with van der Waals surface area (Å²) in [7, 11) is 0. The van der Waals surface area contributed by atoms with E-state index in [9.17, 15) is 9.90 Å².